The molecule has 0 fully saturated rings. The van der Waals surface area contributed by atoms with E-state index in [1.54, 1.807) is 50.9 Å². The molecule has 0 bridgehead atoms. The Morgan fingerprint density at radius 2 is 1.84 bits per heavy atom. The maximum absolute atomic E-state index is 12.5. The van der Waals surface area contributed by atoms with Gasteiger partial charge >= 0.3 is 0 Å². The number of anilines is 1. The van der Waals surface area contributed by atoms with Gasteiger partial charge in [-0.3, -0.25) is 4.79 Å². The Kier molecular flexibility index (Phi) is 4.61. The summed E-state index contributed by atoms with van der Waals surface area (Å²) >= 11 is 0. The van der Waals surface area contributed by atoms with Crippen molar-refractivity contribution in [1.82, 2.24) is 9.55 Å². The number of imidazole rings is 1. The molecular formula is C19H21N3O3. The Bertz CT molecular complexity index is 915. The van der Waals surface area contributed by atoms with Crippen LogP contribution in [0.25, 0.3) is 11.0 Å². The molecule has 1 heterocycles. The monoisotopic (exact) mass is 339 g/mol. The fourth-order valence-electron chi connectivity index (χ4n) is 2.70. The minimum Gasteiger partial charge on any atom is -0.493 e. The lowest BCUT2D eigenvalue weighted by molar-refractivity contribution is 0.102. The topological polar surface area (TPSA) is 65.4 Å². The number of aromatic nitrogens is 2. The number of hydrogen-bond donors (Lipinski definition) is 1. The first-order valence-electron chi connectivity index (χ1n) is 8.03. The van der Waals surface area contributed by atoms with Crippen molar-refractivity contribution in [3.05, 3.63) is 48.3 Å². The SMILES string of the molecule is COc1ccc(NC(=O)c2ccc3c(c2)ncn3C(C)C)cc1OC. The second kappa shape index (κ2) is 6.84. The second-order valence-corrected chi connectivity index (χ2v) is 5.97. The Morgan fingerprint density at radius 1 is 1.08 bits per heavy atom. The molecule has 1 aromatic heterocycles. The lowest BCUT2D eigenvalue weighted by Gasteiger charge is -2.11. The van der Waals surface area contributed by atoms with Crippen molar-refractivity contribution in [2.24, 2.45) is 0 Å². The molecule has 0 atom stereocenters. The molecule has 0 aliphatic rings. The molecule has 1 amide bonds. The number of methoxy groups -OCH3 is 2. The minimum atomic E-state index is -0.201. The molecule has 0 spiro atoms. The zero-order chi connectivity index (χ0) is 18.0. The van der Waals surface area contributed by atoms with E-state index in [0.717, 1.165) is 11.0 Å². The summed E-state index contributed by atoms with van der Waals surface area (Å²) in [5.41, 5.74) is 3.00. The Hall–Kier alpha value is -3.02. The smallest absolute Gasteiger partial charge is 0.255 e. The Morgan fingerprint density at radius 3 is 2.52 bits per heavy atom. The molecule has 25 heavy (non-hydrogen) atoms. The first-order valence-corrected chi connectivity index (χ1v) is 8.03. The van der Waals surface area contributed by atoms with Crippen molar-refractivity contribution in [1.29, 1.82) is 0 Å². The molecule has 0 aliphatic carbocycles. The van der Waals surface area contributed by atoms with E-state index in [0.29, 0.717) is 28.8 Å². The van der Waals surface area contributed by atoms with Crippen molar-refractivity contribution < 1.29 is 14.3 Å². The van der Waals surface area contributed by atoms with Crippen LogP contribution in [0.1, 0.15) is 30.2 Å². The summed E-state index contributed by atoms with van der Waals surface area (Å²) in [6.45, 7) is 4.19. The van der Waals surface area contributed by atoms with E-state index in [9.17, 15) is 4.79 Å². The number of nitrogens with zero attached hydrogens (tertiary/aromatic N) is 2. The van der Waals surface area contributed by atoms with Crippen LogP contribution in [0.15, 0.2) is 42.7 Å². The predicted octanol–water partition coefficient (Wildman–Crippen LogP) is 3.89. The van der Waals surface area contributed by atoms with E-state index in [2.05, 4.69) is 28.7 Å². The largest absolute Gasteiger partial charge is 0.493 e. The lowest BCUT2D eigenvalue weighted by Crippen LogP contribution is -2.12. The zero-order valence-corrected chi connectivity index (χ0v) is 14.7. The zero-order valence-electron chi connectivity index (χ0n) is 14.7. The molecule has 1 N–H and O–H groups in total. The summed E-state index contributed by atoms with van der Waals surface area (Å²) < 4.78 is 12.5. The highest BCUT2D eigenvalue weighted by atomic mass is 16.5. The van der Waals surface area contributed by atoms with E-state index in [1.807, 2.05) is 6.07 Å². The van der Waals surface area contributed by atoms with E-state index in [4.69, 9.17) is 9.47 Å². The van der Waals surface area contributed by atoms with Crippen molar-refractivity contribution in [3.63, 3.8) is 0 Å². The van der Waals surface area contributed by atoms with Gasteiger partial charge in [-0.2, -0.15) is 0 Å². The van der Waals surface area contributed by atoms with Gasteiger partial charge in [0.1, 0.15) is 0 Å². The van der Waals surface area contributed by atoms with Crippen LogP contribution in [-0.4, -0.2) is 29.7 Å². The number of nitrogens with one attached hydrogen (secondary N) is 1. The number of benzene rings is 2. The van der Waals surface area contributed by atoms with Gasteiger partial charge in [-0.1, -0.05) is 0 Å². The maximum atomic E-state index is 12.5. The molecule has 0 unspecified atom stereocenters. The van der Waals surface area contributed by atoms with Crippen LogP contribution in [-0.2, 0) is 0 Å². The summed E-state index contributed by atoms with van der Waals surface area (Å²) in [5, 5.41) is 2.87. The van der Waals surface area contributed by atoms with Gasteiger partial charge < -0.3 is 19.4 Å². The number of rotatable bonds is 5. The lowest BCUT2D eigenvalue weighted by atomic mass is 10.1. The molecule has 3 aromatic rings. The Labute approximate surface area is 146 Å². The normalized spacial score (nSPS) is 10.9. The predicted molar refractivity (Wildman–Crippen MR) is 97.6 cm³/mol. The van der Waals surface area contributed by atoms with E-state index in [-0.39, 0.29) is 5.91 Å². The van der Waals surface area contributed by atoms with Crippen LogP contribution in [0.2, 0.25) is 0 Å². The van der Waals surface area contributed by atoms with Crippen LogP contribution >= 0.6 is 0 Å². The number of carbonyl (C=O) groups is 1. The van der Waals surface area contributed by atoms with Crippen molar-refractivity contribution in [2.75, 3.05) is 19.5 Å². The third-order valence-corrected chi connectivity index (χ3v) is 4.03. The summed E-state index contributed by atoms with van der Waals surface area (Å²) in [4.78, 5) is 16.9. The average Bonchev–Trinajstić information content (AvgIpc) is 3.04. The summed E-state index contributed by atoms with van der Waals surface area (Å²) in [6, 6.07) is 11.1. The summed E-state index contributed by atoms with van der Waals surface area (Å²) in [7, 11) is 3.13. The highest BCUT2D eigenvalue weighted by Crippen LogP contribution is 2.30. The maximum Gasteiger partial charge on any atom is 0.255 e. The van der Waals surface area contributed by atoms with Crippen LogP contribution in [0.4, 0.5) is 5.69 Å². The van der Waals surface area contributed by atoms with Gasteiger partial charge in [0.05, 0.1) is 31.6 Å². The number of carbonyl (C=O) groups excluding carboxylic acids is 1. The molecule has 0 aliphatic heterocycles. The third-order valence-electron chi connectivity index (χ3n) is 4.03. The van der Waals surface area contributed by atoms with Gasteiger partial charge in [0.2, 0.25) is 0 Å². The molecule has 130 valence electrons. The van der Waals surface area contributed by atoms with E-state index in [1.165, 1.54) is 0 Å². The molecule has 0 saturated heterocycles. The average molecular weight is 339 g/mol. The summed E-state index contributed by atoms with van der Waals surface area (Å²) in [6.07, 6.45) is 1.80. The van der Waals surface area contributed by atoms with Crippen LogP contribution < -0.4 is 14.8 Å². The first-order chi connectivity index (χ1) is 12.0. The van der Waals surface area contributed by atoms with Crippen LogP contribution in [0, 0.1) is 0 Å². The van der Waals surface area contributed by atoms with Crippen molar-refractivity contribution in [3.8, 4) is 11.5 Å². The van der Waals surface area contributed by atoms with Gasteiger partial charge in [0, 0.05) is 23.4 Å². The van der Waals surface area contributed by atoms with Gasteiger partial charge in [0.25, 0.3) is 5.91 Å². The molecule has 2 aromatic carbocycles. The van der Waals surface area contributed by atoms with Crippen LogP contribution in [0.5, 0.6) is 11.5 Å². The molecule has 6 nitrogen and oxygen atoms in total. The number of hydrogen-bond acceptors (Lipinski definition) is 4. The fraction of sp³-hybridized carbons (Fsp3) is 0.263. The van der Waals surface area contributed by atoms with Crippen LogP contribution in [0.3, 0.4) is 0 Å². The first kappa shape index (κ1) is 16.8. The highest BCUT2D eigenvalue weighted by molar-refractivity contribution is 6.06. The van der Waals surface area contributed by atoms with Gasteiger partial charge in [0.15, 0.2) is 11.5 Å². The van der Waals surface area contributed by atoms with Gasteiger partial charge in [-0.25, -0.2) is 4.98 Å². The standard InChI is InChI=1S/C19H21N3O3/c1-12(2)22-11-20-15-9-13(5-7-16(15)22)19(23)21-14-6-8-17(24-3)18(10-14)25-4/h5-12H,1-4H3,(H,21,23). The molecule has 6 heteroatoms. The van der Waals surface area contributed by atoms with Crippen molar-refractivity contribution in [2.45, 2.75) is 19.9 Å². The van der Waals surface area contributed by atoms with Gasteiger partial charge in [-0.15, -0.1) is 0 Å². The Balaban J connectivity index is 1.85. The highest BCUT2D eigenvalue weighted by Gasteiger charge is 2.12. The summed E-state index contributed by atoms with van der Waals surface area (Å²) in [5.74, 6) is 0.973. The van der Waals surface area contributed by atoms with Gasteiger partial charge in [-0.05, 0) is 44.2 Å². The number of fused-ring (bicyclic) bond motifs is 1. The van der Waals surface area contributed by atoms with E-state index >= 15 is 0 Å². The molecule has 0 saturated carbocycles. The molecule has 0 radical (unpaired) electrons. The quantitative estimate of drug-likeness (QED) is 0.766. The number of ether oxygens (including phenoxy) is 2. The second-order valence-electron chi connectivity index (χ2n) is 5.97. The molecule has 3 rings (SSSR count). The number of amides is 1. The fourth-order valence-corrected chi connectivity index (χ4v) is 2.70. The van der Waals surface area contributed by atoms with Crippen molar-refractivity contribution >= 4 is 22.6 Å². The minimum absolute atomic E-state index is 0.201. The third kappa shape index (κ3) is 3.28. The molecular weight excluding hydrogens is 318 g/mol. The van der Waals surface area contributed by atoms with E-state index < -0.39 is 0 Å².